The molecule has 1 aromatic rings. The van der Waals surface area contributed by atoms with E-state index in [2.05, 4.69) is 43.9 Å². The molecular formula is C17H25N. The molecule has 2 aliphatic heterocycles. The molecule has 1 saturated heterocycles. The highest BCUT2D eigenvalue weighted by molar-refractivity contribution is 5.58. The van der Waals surface area contributed by atoms with Crippen LogP contribution in [0.4, 0.5) is 5.69 Å². The van der Waals surface area contributed by atoms with Gasteiger partial charge in [-0.05, 0) is 54.7 Å². The second-order valence-corrected chi connectivity index (χ2v) is 6.98. The minimum absolute atomic E-state index is 0.272. The Labute approximate surface area is 111 Å². The highest BCUT2D eigenvalue weighted by Gasteiger charge is 2.29. The van der Waals surface area contributed by atoms with Crippen LogP contribution in [0.15, 0.2) is 18.2 Å². The van der Waals surface area contributed by atoms with Gasteiger partial charge in [0, 0.05) is 18.3 Å². The number of hydrogen-bond donors (Lipinski definition) is 0. The maximum atomic E-state index is 2.68. The van der Waals surface area contributed by atoms with Crippen molar-refractivity contribution in [1.82, 2.24) is 0 Å². The first-order valence-corrected chi connectivity index (χ1v) is 7.46. The van der Waals surface area contributed by atoms with E-state index in [4.69, 9.17) is 0 Å². The minimum Gasteiger partial charge on any atom is -0.368 e. The van der Waals surface area contributed by atoms with E-state index in [1.807, 2.05) is 0 Å². The number of fused-ring (bicyclic) bond motifs is 3. The average molecular weight is 243 g/mol. The zero-order valence-electron chi connectivity index (χ0n) is 12.0. The summed E-state index contributed by atoms with van der Waals surface area (Å²) in [5.74, 6) is 0. The number of benzene rings is 1. The van der Waals surface area contributed by atoms with Crippen molar-refractivity contribution in [3.63, 3.8) is 0 Å². The zero-order chi connectivity index (χ0) is 12.8. The molecule has 1 aromatic carbocycles. The fourth-order valence-electron chi connectivity index (χ4n) is 3.47. The fourth-order valence-corrected chi connectivity index (χ4v) is 3.47. The monoisotopic (exact) mass is 243 g/mol. The molecule has 98 valence electrons. The molecule has 18 heavy (non-hydrogen) atoms. The Balaban J connectivity index is 1.96. The van der Waals surface area contributed by atoms with E-state index in [9.17, 15) is 0 Å². The van der Waals surface area contributed by atoms with Crippen LogP contribution in [0.2, 0.25) is 0 Å². The van der Waals surface area contributed by atoms with Crippen LogP contribution >= 0.6 is 0 Å². The number of hydrogen-bond acceptors (Lipinski definition) is 1. The minimum atomic E-state index is 0.272. The van der Waals surface area contributed by atoms with E-state index < -0.39 is 0 Å². The molecule has 0 radical (unpaired) electrons. The third-order valence-electron chi connectivity index (χ3n) is 4.63. The summed E-state index contributed by atoms with van der Waals surface area (Å²) < 4.78 is 0. The summed E-state index contributed by atoms with van der Waals surface area (Å²) in [6, 6.07) is 8.01. The van der Waals surface area contributed by atoms with Crippen LogP contribution in [0.5, 0.6) is 0 Å². The first-order chi connectivity index (χ1) is 8.55. The third-order valence-corrected chi connectivity index (χ3v) is 4.63. The quantitative estimate of drug-likeness (QED) is 0.657. The van der Waals surface area contributed by atoms with Gasteiger partial charge in [0.1, 0.15) is 0 Å². The largest absolute Gasteiger partial charge is 0.368 e. The lowest BCUT2D eigenvalue weighted by molar-refractivity contribution is 0.423. The molecule has 0 saturated carbocycles. The van der Waals surface area contributed by atoms with E-state index in [-0.39, 0.29) is 5.41 Å². The lowest BCUT2D eigenvalue weighted by atomic mass is 9.83. The summed E-state index contributed by atoms with van der Waals surface area (Å²) >= 11 is 0. The van der Waals surface area contributed by atoms with E-state index in [1.165, 1.54) is 49.9 Å². The standard InChI is InChI=1S/C17H25N/c1-17(2,3)14-8-10-16-13(12-14)7-9-15-6-4-5-11-18(15)16/h8,10,12,15H,4-7,9,11H2,1-3H3. The molecule has 1 heteroatoms. The maximum absolute atomic E-state index is 2.68. The van der Waals surface area contributed by atoms with Crippen LogP contribution in [0, 0.1) is 0 Å². The van der Waals surface area contributed by atoms with Gasteiger partial charge in [-0.2, -0.15) is 0 Å². The van der Waals surface area contributed by atoms with E-state index in [0.29, 0.717) is 0 Å². The van der Waals surface area contributed by atoms with Gasteiger partial charge < -0.3 is 4.90 Å². The van der Waals surface area contributed by atoms with Crippen LogP contribution in [0.1, 0.15) is 57.6 Å². The highest BCUT2D eigenvalue weighted by Crippen LogP contribution is 2.37. The molecule has 0 aliphatic carbocycles. The van der Waals surface area contributed by atoms with Crippen molar-refractivity contribution in [2.24, 2.45) is 0 Å². The first kappa shape index (κ1) is 12.1. The van der Waals surface area contributed by atoms with Crippen molar-refractivity contribution in [2.75, 3.05) is 11.4 Å². The van der Waals surface area contributed by atoms with Gasteiger partial charge >= 0.3 is 0 Å². The third kappa shape index (κ3) is 2.04. The highest BCUT2D eigenvalue weighted by atomic mass is 15.2. The molecule has 0 amide bonds. The number of anilines is 1. The van der Waals surface area contributed by atoms with Crippen molar-refractivity contribution < 1.29 is 0 Å². The molecule has 1 atom stereocenters. The molecular weight excluding hydrogens is 218 g/mol. The lowest BCUT2D eigenvalue weighted by Gasteiger charge is -2.42. The normalized spacial score (nSPS) is 23.5. The van der Waals surface area contributed by atoms with Gasteiger partial charge in [-0.3, -0.25) is 0 Å². The van der Waals surface area contributed by atoms with E-state index >= 15 is 0 Å². The summed E-state index contributed by atoms with van der Waals surface area (Å²) in [6.45, 7) is 8.19. The van der Waals surface area contributed by atoms with Crippen LogP contribution in [0.3, 0.4) is 0 Å². The number of nitrogens with zero attached hydrogens (tertiary/aromatic N) is 1. The Bertz CT molecular complexity index is 441. The SMILES string of the molecule is CC(C)(C)c1ccc2c(c1)CCC1CCCCN21. The van der Waals surface area contributed by atoms with Crippen molar-refractivity contribution >= 4 is 5.69 Å². The summed E-state index contributed by atoms with van der Waals surface area (Å²) in [4.78, 5) is 2.68. The van der Waals surface area contributed by atoms with Crippen LogP contribution in [0.25, 0.3) is 0 Å². The van der Waals surface area contributed by atoms with Gasteiger partial charge in [-0.1, -0.05) is 32.9 Å². The van der Waals surface area contributed by atoms with Crippen LogP contribution in [-0.4, -0.2) is 12.6 Å². The fraction of sp³-hybridized carbons (Fsp3) is 0.647. The summed E-state index contributed by atoms with van der Waals surface area (Å²) in [7, 11) is 0. The number of rotatable bonds is 0. The molecule has 0 spiro atoms. The Morgan fingerprint density at radius 2 is 1.94 bits per heavy atom. The Kier molecular flexibility index (Phi) is 2.88. The molecule has 2 aliphatic rings. The first-order valence-electron chi connectivity index (χ1n) is 7.46. The van der Waals surface area contributed by atoms with E-state index in [1.54, 1.807) is 5.56 Å². The number of aryl methyl sites for hydroxylation is 1. The summed E-state index contributed by atoms with van der Waals surface area (Å²) in [5, 5.41) is 0. The summed E-state index contributed by atoms with van der Waals surface area (Å²) in [5.41, 5.74) is 4.87. The smallest absolute Gasteiger partial charge is 0.0401 e. The van der Waals surface area contributed by atoms with Gasteiger partial charge in [0.15, 0.2) is 0 Å². The van der Waals surface area contributed by atoms with Gasteiger partial charge in [0.2, 0.25) is 0 Å². The Hall–Kier alpha value is -0.980. The molecule has 1 fully saturated rings. The molecule has 0 bridgehead atoms. The molecule has 1 nitrogen and oxygen atoms in total. The van der Waals surface area contributed by atoms with Gasteiger partial charge in [0.05, 0.1) is 0 Å². The van der Waals surface area contributed by atoms with E-state index in [0.717, 1.165) is 6.04 Å². The lowest BCUT2D eigenvalue weighted by Crippen LogP contribution is -2.42. The Morgan fingerprint density at radius 3 is 2.72 bits per heavy atom. The molecule has 0 aromatic heterocycles. The van der Waals surface area contributed by atoms with Crippen molar-refractivity contribution in [3.05, 3.63) is 29.3 Å². The van der Waals surface area contributed by atoms with Gasteiger partial charge in [-0.15, -0.1) is 0 Å². The topological polar surface area (TPSA) is 3.24 Å². The average Bonchev–Trinajstić information content (AvgIpc) is 2.37. The molecule has 1 unspecified atom stereocenters. The second kappa shape index (κ2) is 4.29. The van der Waals surface area contributed by atoms with Gasteiger partial charge in [0.25, 0.3) is 0 Å². The molecule has 2 heterocycles. The predicted octanol–water partition coefficient (Wildman–Crippen LogP) is 4.29. The molecule has 3 rings (SSSR count). The maximum Gasteiger partial charge on any atom is 0.0401 e. The van der Waals surface area contributed by atoms with Crippen LogP contribution in [-0.2, 0) is 11.8 Å². The molecule has 0 N–H and O–H groups in total. The van der Waals surface area contributed by atoms with Crippen molar-refractivity contribution in [1.29, 1.82) is 0 Å². The zero-order valence-corrected chi connectivity index (χ0v) is 12.0. The second-order valence-electron chi connectivity index (χ2n) is 6.98. The summed E-state index contributed by atoms with van der Waals surface area (Å²) in [6.07, 6.45) is 6.84. The van der Waals surface area contributed by atoms with Crippen molar-refractivity contribution in [2.45, 2.75) is 64.3 Å². The number of piperidine rings is 1. The van der Waals surface area contributed by atoms with Crippen LogP contribution < -0.4 is 4.90 Å². The van der Waals surface area contributed by atoms with Crippen molar-refractivity contribution in [3.8, 4) is 0 Å². The predicted molar refractivity (Wildman–Crippen MR) is 78.4 cm³/mol. The Morgan fingerprint density at radius 1 is 1.11 bits per heavy atom. The van der Waals surface area contributed by atoms with Gasteiger partial charge in [-0.25, -0.2) is 0 Å².